The van der Waals surface area contributed by atoms with Crippen molar-refractivity contribution >= 4 is 11.8 Å². The van der Waals surface area contributed by atoms with Gasteiger partial charge in [-0.25, -0.2) is 0 Å². The second kappa shape index (κ2) is 9.35. The number of rotatable bonds is 6. The van der Waals surface area contributed by atoms with Gasteiger partial charge in [-0.05, 0) is 62.0 Å². The largest absolute Gasteiger partial charge is 0.351 e. The first kappa shape index (κ1) is 20.6. The van der Waals surface area contributed by atoms with Crippen LogP contribution in [0, 0.1) is 23.7 Å². The number of allylic oxidation sites excluding steroid dienone is 1. The van der Waals surface area contributed by atoms with Crippen LogP contribution >= 0.6 is 0 Å². The fourth-order valence-corrected chi connectivity index (χ4v) is 4.62. The third kappa shape index (κ3) is 5.00. The summed E-state index contributed by atoms with van der Waals surface area (Å²) in [5.41, 5.74) is 1.89. The molecule has 0 aromatic carbocycles. The van der Waals surface area contributed by atoms with Gasteiger partial charge in [-0.3, -0.25) is 14.6 Å². The summed E-state index contributed by atoms with van der Waals surface area (Å²) >= 11 is 0. The molecule has 1 aliphatic heterocycles. The predicted octanol–water partition coefficient (Wildman–Crippen LogP) is 3.68. The van der Waals surface area contributed by atoms with Crippen molar-refractivity contribution in [2.45, 2.75) is 46.5 Å². The van der Waals surface area contributed by atoms with E-state index in [-0.39, 0.29) is 5.91 Å². The van der Waals surface area contributed by atoms with Crippen LogP contribution in [0.25, 0.3) is 0 Å². The quantitative estimate of drug-likeness (QED) is 0.762. The first-order chi connectivity index (χ1) is 13.5. The highest BCUT2D eigenvalue weighted by molar-refractivity contribution is 5.93. The molecule has 3 unspecified atom stereocenters. The number of carbonyl (C=O) groups excluding carboxylic acids is 2. The minimum absolute atomic E-state index is 0.0759. The fraction of sp³-hybridized carbons (Fsp3) is 0.609. The molecule has 1 aromatic rings. The monoisotopic (exact) mass is 383 g/mol. The Morgan fingerprint density at radius 2 is 2.04 bits per heavy atom. The lowest BCUT2D eigenvalue weighted by Gasteiger charge is -2.37. The Morgan fingerprint density at radius 3 is 2.68 bits per heavy atom. The van der Waals surface area contributed by atoms with Crippen LogP contribution in [0.2, 0.25) is 0 Å². The lowest BCUT2D eigenvalue weighted by atomic mass is 9.69. The average Bonchev–Trinajstić information content (AvgIpc) is 3.23. The molecule has 2 aliphatic rings. The molecule has 28 heavy (non-hydrogen) atoms. The molecule has 1 fully saturated rings. The van der Waals surface area contributed by atoms with E-state index in [4.69, 9.17) is 0 Å². The molecule has 1 aromatic heterocycles. The molecular formula is C23H33N3O2. The van der Waals surface area contributed by atoms with Crippen LogP contribution in [0.5, 0.6) is 0 Å². The lowest BCUT2D eigenvalue weighted by Crippen LogP contribution is -2.38. The number of aromatic nitrogens is 1. The van der Waals surface area contributed by atoms with Gasteiger partial charge in [-0.15, -0.1) is 0 Å². The summed E-state index contributed by atoms with van der Waals surface area (Å²) in [6, 6.07) is 3.56. The van der Waals surface area contributed by atoms with Crippen LogP contribution in [0.3, 0.4) is 0 Å². The molecule has 2 amide bonds. The standard InChI is InChI=1S/C23H33N3O2/c1-16(2)21-12-19(13-22(27)26-9-4-5-10-26)17(3)11-20(21)15-25-23(28)18-7-6-8-24-14-18/h6-8,11,14,16,19-21H,4-5,9-10,12-13,15H2,1-3H3,(H,25,28). The zero-order valence-corrected chi connectivity index (χ0v) is 17.4. The zero-order chi connectivity index (χ0) is 20.1. The number of nitrogens with zero attached hydrogens (tertiary/aromatic N) is 2. The Balaban J connectivity index is 1.63. The van der Waals surface area contributed by atoms with Crippen molar-refractivity contribution in [2.75, 3.05) is 19.6 Å². The Hall–Kier alpha value is -2.17. The van der Waals surface area contributed by atoms with Crippen molar-refractivity contribution in [3.63, 3.8) is 0 Å². The molecule has 3 rings (SSSR count). The van der Waals surface area contributed by atoms with Crippen molar-refractivity contribution in [3.8, 4) is 0 Å². The molecule has 5 heteroatoms. The Kier molecular flexibility index (Phi) is 6.87. The van der Waals surface area contributed by atoms with Crippen LogP contribution in [0.15, 0.2) is 36.2 Å². The SMILES string of the molecule is CC1=CC(CNC(=O)c2cccnc2)C(C(C)C)CC1CC(=O)N1CCCC1. The summed E-state index contributed by atoms with van der Waals surface area (Å²) < 4.78 is 0. The zero-order valence-electron chi connectivity index (χ0n) is 17.4. The molecule has 0 bridgehead atoms. The molecule has 0 radical (unpaired) electrons. The topological polar surface area (TPSA) is 62.3 Å². The Morgan fingerprint density at radius 1 is 1.29 bits per heavy atom. The second-order valence-electron chi connectivity index (χ2n) is 8.66. The first-order valence-electron chi connectivity index (χ1n) is 10.6. The summed E-state index contributed by atoms with van der Waals surface area (Å²) in [5, 5.41) is 3.08. The van der Waals surface area contributed by atoms with Crippen molar-refractivity contribution in [2.24, 2.45) is 23.7 Å². The number of likely N-dealkylation sites (tertiary alicyclic amines) is 1. The third-order valence-electron chi connectivity index (χ3n) is 6.39. The normalized spacial score (nSPS) is 24.9. The summed E-state index contributed by atoms with van der Waals surface area (Å²) in [6.45, 7) is 9.11. The van der Waals surface area contributed by atoms with Gasteiger partial charge in [-0.2, -0.15) is 0 Å². The van der Waals surface area contributed by atoms with Crippen LogP contribution in [0.1, 0.15) is 56.8 Å². The van der Waals surface area contributed by atoms with Crippen LogP contribution < -0.4 is 5.32 Å². The molecule has 5 nitrogen and oxygen atoms in total. The van der Waals surface area contributed by atoms with Crippen molar-refractivity contribution in [1.29, 1.82) is 0 Å². The highest BCUT2D eigenvalue weighted by Gasteiger charge is 2.33. The van der Waals surface area contributed by atoms with E-state index in [2.05, 4.69) is 37.1 Å². The molecule has 1 aliphatic carbocycles. The maximum atomic E-state index is 12.6. The molecule has 0 spiro atoms. The minimum atomic E-state index is -0.0759. The number of hydrogen-bond acceptors (Lipinski definition) is 3. The highest BCUT2D eigenvalue weighted by atomic mass is 16.2. The summed E-state index contributed by atoms with van der Waals surface area (Å²) in [4.78, 5) is 31.0. The van der Waals surface area contributed by atoms with E-state index in [0.29, 0.717) is 48.1 Å². The van der Waals surface area contributed by atoms with E-state index in [1.165, 1.54) is 5.57 Å². The molecule has 0 saturated carbocycles. The molecule has 1 N–H and O–H groups in total. The van der Waals surface area contributed by atoms with Crippen LogP contribution in [-0.2, 0) is 4.79 Å². The van der Waals surface area contributed by atoms with Crippen LogP contribution in [0.4, 0.5) is 0 Å². The number of amides is 2. The number of hydrogen-bond donors (Lipinski definition) is 1. The van der Waals surface area contributed by atoms with E-state index in [9.17, 15) is 9.59 Å². The van der Waals surface area contributed by atoms with Gasteiger partial charge in [0, 0.05) is 38.4 Å². The van der Waals surface area contributed by atoms with E-state index < -0.39 is 0 Å². The molecule has 2 heterocycles. The van der Waals surface area contributed by atoms with Gasteiger partial charge in [0.25, 0.3) is 5.91 Å². The van der Waals surface area contributed by atoms with Gasteiger partial charge in [0.15, 0.2) is 0 Å². The summed E-state index contributed by atoms with van der Waals surface area (Å²) in [5.74, 6) is 1.84. The average molecular weight is 384 g/mol. The van der Waals surface area contributed by atoms with Crippen LogP contribution in [-0.4, -0.2) is 41.3 Å². The fourth-order valence-electron chi connectivity index (χ4n) is 4.62. The highest BCUT2D eigenvalue weighted by Crippen LogP contribution is 2.39. The Labute approximate surface area is 168 Å². The van der Waals surface area contributed by atoms with E-state index in [1.807, 2.05) is 4.90 Å². The van der Waals surface area contributed by atoms with Crippen molar-refractivity contribution in [3.05, 3.63) is 41.7 Å². The maximum Gasteiger partial charge on any atom is 0.252 e. The van der Waals surface area contributed by atoms with Gasteiger partial charge in [0.2, 0.25) is 5.91 Å². The maximum absolute atomic E-state index is 12.6. The second-order valence-corrected chi connectivity index (χ2v) is 8.66. The van der Waals surface area contributed by atoms with Gasteiger partial charge in [0.1, 0.15) is 0 Å². The van der Waals surface area contributed by atoms with Gasteiger partial charge < -0.3 is 10.2 Å². The number of nitrogens with one attached hydrogen (secondary N) is 1. The molecule has 152 valence electrons. The third-order valence-corrected chi connectivity index (χ3v) is 6.39. The van der Waals surface area contributed by atoms with Gasteiger partial charge >= 0.3 is 0 Å². The first-order valence-corrected chi connectivity index (χ1v) is 10.6. The van der Waals surface area contributed by atoms with Gasteiger partial charge in [-0.1, -0.05) is 25.5 Å². The van der Waals surface area contributed by atoms with E-state index >= 15 is 0 Å². The lowest BCUT2D eigenvalue weighted by molar-refractivity contribution is -0.131. The predicted molar refractivity (Wildman–Crippen MR) is 111 cm³/mol. The number of pyridine rings is 1. The molecular weight excluding hydrogens is 350 g/mol. The summed E-state index contributed by atoms with van der Waals surface area (Å²) in [7, 11) is 0. The van der Waals surface area contributed by atoms with E-state index in [0.717, 1.165) is 32.4 Å². The molecule has 3 atom stereocenters. The number of carbonyl (C=O) groups is 2. The smallest absolute Gasteiger partial charge is 0.252 e. The summed E-state index contributed by atoms with van der Waals surface area (Å²) in [6.07, 6.45) is 9.49. The molecule has 1 saturated heterocycles. The van der Waals surface area contributed by atoms with Crippen molar-refractivity contribution in [1.82, 2.24) is 15.2 Å². The Bertz CT molecular complexity index is 708. The van der Waals surface area contributed by atoms with Crippen molar-refractivity contribution < 1.29 is 9.59 Å². The van der Waals surface area contributed by atoms with Gasteiger partial charge in [0.05, 0.1) is 5.56 Å². The minimum Gasteiger partial charge on any atom is -0.351 e. The van der Waals surface area contributed by atoms with E-state index in [1.54, 1.807) is 24.5 Å².